The molecule has 7 nitrogen and oxygen atoms in total. The Bertz CT molecular complexity index is 724. The molecule has 1 aromatic heterocycles. The predicted octanol–water partition coefficient (Wildman–Crippen LogP) is 2.92. The average Bonchev–Trinajstić information content (AvgIpc) is 3.12. The summed E-state index contributed by atoms with van der Waals surface area (Å²) in [4.78, 5) is 12.2. The maximum absolute atomic E-state index is 12.2. The quantitative estimate of drug-likeness (QED) is 0.858. The SMILES string of the molecule is CC(C)(O)c1cn([C@@H]2CCCC[C@@H]2NC(=O)OCc2ccccc2)nn1. The van der Waals surface area contributed by atoms with E-state index in [9.17, 15) is 9.90 Å². The Morgan fingerprint density at radius 3 is 2.73 bits per heavy atom. The van der Waals surface area contributed by atoms with Crippen molar-refractivity contribution in [2.75, 3.05) is 0 Å². The summed E-state index contributed by atoms with van der Waals surface area (Å²) in [5.74, 6) is 0. The van der Waals surface area contributed by atoms with E-state index in [-0.39, 0.29) is 18.7 Å². The fraction of sp³-hybridized carbons (Fsp3) is 0.526. The molecule has 0 aliphatic heterocycles. The molecule has 2 aromatic rings. The molecule has 1 aromatic carbocycles. The third kappa shape index (κ3) is 4.60. The van der Waals surface area contributed by atoms with Gasteiger partial charge >= 0.3 is 6.09 Å². The van der Waals surface area contributed by atoms with Gasteiger partial charge in [-0.1, -0.05) is 48.4 Å². The molecule has 2 N–H and O–H groups in total. The van der Waals surface area contributed by atoms with E-state index in [0.29, 0.717) is 5.69 Å². The van der Waals surface area contributed by atoms with Crippen molar-refractivity contribution in [1.82, 2.24) is 20.3 Å². The molecule has 0 saturated heterocycles. The van der Waals surface area contributed by atoms with Crippen LogP contribution in [0.5, 0.6) is 0 Å². The van der Waals surface area contributed by atoms with E-state index in [0.717, 1.165) is 31.2 Å². The van der Waals surface area contributed by atoms with Crippen LogP contribution in [0.1, 0.15) is 56.8 Å². The number of nitrogens with zero attached hydrogens (tertiary/aromatic N) is 3. The van der Waals surface area contributed by atoms with Crippen LogP contribution >= 0.6 is 0 Å². The smallest absolute Gasteiger partial charge is 0.407 e. The maximum Gasteiger partial charge on any atom is 0.407 e. The number of carbonyl (C=O) groups excluding carboxylic acids is 1. The molecule has 0 radical (unpaired) electrons. The second kappa shape index (κ2) is 7.86. The lowest BCUT2D eigenvalue weighted by atomic mass is 9.90. The molecule has 7 heteroatoms. The number of hydrogen-bond acceptors (Lipinski definition) is 5. The zero-order chi connectivity index (χ0) is 18.6. The molecule has 1 aliphatic rings. The summed E-state index contributed by atoms with van der Waals surface area (Å²) in [7, 11) is 0. The minimum Gasteiger partial charge on any atom is -0.445 e. The molecule has 1 aliphatic carbocycles. The van der Waals surface area contributed by atoms with E-state index in [1.54, 1.807) is 24.7 Å². The molecule has 0 spiro atoms. The van der Waals surface area contributed by atoms with E-state index in [2.05, 4.69) is 15.6 Å². The highest BCUT2D eigenvalue weighted by Crippen LogP contribution is 2.29. The van der Waals surface area contributed by atoms with Crippen LogP contribution < -0.4 is 5.32 Å². The molecule has 1 heterocycles. The number of ether oxygens (including phenoxy) is 1. The lowest BCUT2D eigenvalue weighted by molar-refractivity contribution is 0.0736. The normalized spacial score (nSPS) is 20.6. The molecule has 0 bridgehead atoms. The molecular formula is C19H26N4O3. The van der Waals surface area contributed by atoms with E-state index >= 15 is 0 Å². The first kappa shape index (κ1) is 18.4. The van der Waals surface area contributed by atoms with E-state index in [4.69, 9.17) is 4.74 Å². The summed E-state index contributed by atoms with van der Waals surface area (Å²) in [5, 5.41) is 21.3. The van der Waals surface area contributed by atoms with Gasteiger partial charge in [0.1, 0.15) is 17.9 Å². The first-order chi connectivity index (χ1) is 12.4. The van der Waals surface area contributed by atoms with Gasteiger partial charge in [-0.3, -0.25) is 0 Å². The van der Waals surface area contributed by atoms with Gasteiger partial charge in [0.15, 0.2) is 0 Å². The monoisotopic (exact) mass is 358 g/mol. The number of alkyl carbamates (subject to hydrolysis) is 1. The molecule has 26 heavy (non-hydrogen) atoms. The van der Waals surface area contributed by atoms with Crippen LogP contribution in [0.4, 0.5) is 4.79 Å². The van der Waals surface area contributed by atoms with Crippen LogP contribution in [0.25, 0.3) is 0 Å². The van der Waals surface area contributed by atoms with Crippen molar-refractivity contribution in [2.24, 2.45) is 0 Å². The summed E-state index contributed by atoms with van der Waals surface area (Å²) in [6.07, 6.45) is 5.22. The van der Waals surface area contributed by atoms with Crippen LogP contribution in [-0.4, -0.2) is 32.2 Å². The first-order valence-electron chi connectivity index (χ1n) is 9.05. The highest BCUT2D eigenvalue weighted by atomic mass is 16.5. The van der Waals surface area contributed by atoms with Gasteiger partial charge in [-0.05, 0) is 32.3 Å². The van der Waals surface area contributed by atoms with Crippen LogP contribution in [0, 0.1) is 0 Å². The maximum atomic E-state index is 12.2. The number of rotatable bonds is 5. The van der Waals surface area contributed by atoms with Gasteiger partial charge in [-0.25, -0.2) is 9.48 Å². The number of carbonyl (C=O) groups is 1. The van der Waals surface area contributed by atoms with Crippen LogP contribution in [-0.2, 0) is 16.9 Å². The highest BCUT2D eigenvalue weighted by Gasteiger charge is 2.30. The van der Waals surface area contributed by atoms with Crippen molar-refractivity contribution in [3.63, 3.8) is 0 Å². The molecule has 2 atom stereocenters. The first-order valence-corrected chi connectivity index (χ1v) is 9.05. The number of aromatic nitrogens is 3. The summed E-state index contributed by atoms with van der Waals surface area (Å²) < 4.78 is 7.10. The van der Waals surface area contributed by atoms with Gasteiger partial charge in [0, 0.05) is 0 Å². The molecule has 140 valence electrons. The second-order valence-electron chi connectivity index (χ2n) is 7.31. The van der Waals surface area contributed by atoms with Gasteiger partial charge < -0.3 is 15.2 Å². The van der Waals surface area contributed by atoms with E-state index in [1.165, 1.54) is 0 Å². The number of benzene rings is 1. The van der Waals surface area contributed by atoms with Crippen molar-refractivity contribution < 1.29 is 14.6 Å². The Labute approximate surface area is 153 Å². The summed E-state index contributed by atoms with van der Waals surface area (Å²) in [5.41, 5.74) is 0.437. The van der Waals surface area contributed by atoms with Gasteiger partial charge in [-0.15, -0.1) is 5.10 Å². The van der Waals surface area contributed by atoms with Crippen molar-refractivity contribution in [3.05, 3.63) is 47.8 Å². The minimum absolute atomic E-state index is 0.0108. The lowest BCUT2D eigenvalue weighted by Gasteiger charge is -2.31. The van der Waals surface area contributed by atoms with E-state index < -0.39 is 11.7 Å². The van der Waals surface area contributed by atoms with Gasteiger partial charge in [0.25, 0.3) is 0 Å². The van der Waals surface area contributed by atoms with Crippen molar-refractivity contribution >= 4 is 6.09 Å². The Kier molecular flexibility index (Phi) is 5.56. The third-order valence-electron chi connectivity index (χ3n) is 4.72. The number of aliphatic hydroxyl groups is 1. The van der Waals surface area contributed by atoms with Gasteiger partial charge in [0.2, 0.25) is 0 Å². The van der Waals surface area contributed by atoms with Crippen LogP contribution in [0.3, 0.4) is 0 Å². The van der Waals surface area contributed by atoms with Crippen molar-refractivity contribution in [1.29, 1.82) is 0 Å². The Morgan fingerprint density at radius 2 is 2.04 bits per heavy atom. The Morgan fingerprint density at radius 1 is 1.31 bits per heavy atom. The minimum atomic E-state index is -1.04. The summed E-state index contributed by atoms with van der Waals surface area (Å²) in [6.45, 7) is 3.61. The van der Waals surface area contributed by atoms with Gasteiger partial charge in [0.05, 0.1) is 18.3 Å². The second-order valence-corrected chi connectivity index (χ2v) is 7.31. The Hall–Kier alpha value is -2.41. The standard InChI is InChI=1S/C19H26N4O3/c1-19(2,25)17-12-23(22-21-17)16-11-7-6-10-15(16)20-18(24)26-13-14-8-4-3-5-9-14/h3-5,8-9,12,15-16,25H,6-7,10-11,13H2,1-2H3,(H,20,24)/t15-,16+/m0/s1. The number of amides is 1. The average molecular weight is 358 g/mol. The van der Waals surface area contributed by atoms with Crippen molar-refractivity contribution in [3.8, 4) is 0 Å². The van der Waals surface area contributed by atoms with Crippen LogP contribution in [0.2, 0.25) is 0 Å². The van der Waals surface area contributed by atoms with E-state index in [1.807, 2.05) is 30.3 Å². The largest absolute Gasteiger partial charge is 0.445 e. The van der Waals surface area contributed by atoms with Crippen LogP contribution in [0.15, 0.2) is 36.5 Å². The molecule has 3 rings (SSSR count). The zero-order valence-corrected chi connectivity index (χ0v) is 15.3. The lowest BCUT2D eigenvalue weighted by Crippen LogP contribution is -2.43. The molecule has 1 fully saturated rings. The summed E-state index contributed by atoms with van der Waals surface area (Å²) in [6, 6.07) is 9.54. The predicted molar refractivity (Wildman–Crippen MR) is 96.3 cm³/mol. The third-order valence-corrected chi connectivity index (χ3v) is 4.72. The summed E-state index contributed by atoms with van der Waals surface area (Å²) >= 11 is 0. The number of nitrogens with one attached hydrogen (secondary N) is 1. The van der Waals surface area contributed by atoms with Crippen molar-refractivity contribution in [2.45, 2.75) is 63.8 Å². The molecular weight excluding hydrogens is 332 g/mol. The van der Waals surface area contributed by atoms with Gasteiger partial charge in [-0.2, -0.15) is 0 Å². The fourth-order valence-electron chi connectivity index (χ4n) is 3.23. The molecule has 0 unspecified atom stereocenters. The Balaban J connectivity index is 1.61. The fourth-order valence-corrected chi connectivity index (χ4v) is 3.23. The highest BCUT2D eigenvalue weighted by molar-refractivity contribution is 5.67. The molecule has 1 amide bonds. The topological polar surface area (TPSA) is 89.3 Å². The molecule has 1 saturated carbocycles. The number of hydrogen-bond donors (Lipinski definition) is 2. The zero-order valence-electron chi connectivity index (χ0n) is 15.3.